The molecule has 2 rings (SSSR count). The largest absolute Gasteiger partial charge is 0.495 e. The lowest BCUT2D eigenvalue weighted by atomic mass is 9.98. The molecular formula is C15H15ClFNO2. The molecule has 0 aliphatic rings. The van der Waals surface area contributed by atoms with Gasteiger partial charge in [0.2, 0.25) is 0 Å². The van der Waals surface area contributed by atoms with E-state index in [1.54, 1.807) is 24.3 Å². The Kier molecular flexibility index (Phi) is 4.47. The highest BCUT2D eigenvalue weighted by molar-refractivity contribution is 6.33. The third kappa shape index (κ3) is 2.71. The van der Waals surface area contributed by atoms with E-state index >= 15 is 0 Å². The summed E-state index contributed by atoms with van der Waals surface area (Å²) in [6.45, 7) is 0. The molecule has 1 atom stereocenters. The number of halogens is 2. The summed E-state index contributed by atoms with van der Waals surface area (Å²) in [5, 5.41) is 0.366. The summed E-state index contributed by atoms with van der Waals surface area (Å²) in [6, 6.07) is 9.06. The number of rotatable bonds is 4. The zero-order valence-corrected chi connectivity index (χ0v) is 11.9. The van der Waals surface area contributed by atoms with E-state index in [1.165, 1.54) is 26.4 Å². The molecule has 2 aromatic rings. The van der Waals surface area contributed by atoms with E-state index in [4.69, 9.17) is 26.8 Å². The molecule has 3 nitrogen and oxygen atoms in total. The van der Waals surface area contributed by atoms with Crippen LogP contribution in [-0.4, -0.2) is 14.2 Å². The molecule has 0 saturated carbocycles. The quantitative estimate of drug-likeness (QED) is 0.938. The van der Waals surface area contributed by atoms with Crippen LogP contribution in [0, 0.1) is 5.82 Å². The van der Waals surface area contributed by atoms with Gasteiger partial charge in [-0.05, 0) is 29.8 Å². The fourth-order valence-corrected chi connectivity index (χ4v) is 2.34. The Morgan fingerprint density at radius 3 is 2.25 bits per heavy atom. The van der Waals surface area contributed by atoms with E-state index in [0.29, 0.717) is 22.1 Å². The van der Waals surface area contributed by atoms with Gasteiger partial charge < -0.3 is 15.2 Å². The van der Waals surface area contributed by atoms with Crippen molar-refractivity contribution < 1.29 is 13.9 Å². The van der Waals surface area contributed by atoms with Crippen molar-refractivity contribution in [1.29, 1.82) is 0 Å². The van der Waals surface area contributed by atoms with Gasteiger partial charge >= 0.3 is 0 Å². The van der Waals surface area contributed by atoms with Gasteiger partial charge in [-0.2, -0.15) is 0 Å². The van der Waals surface area contributed by atoms with Gasteiger partial charge in [0.15, 0.2) is 0 Å². The van der Waals surface area contributed by atoms with Crippen molar-refractivity contribution in [2.45, 2.75) is 6.04 Å². The molecule has 1 unspecified atom stereocenters. The first kappa shape index (κ1) is 14.6. The lowest BCUT2D eigenvalue weighted by molar-refractivity contribution is 0.390. The zero-order chi connectivity index (χ0) is 14.7. The predicted molar refractivity (Wildman–Crippen MR) is 77.0 cm³/mol. The molecule has 0 fully saturated rings. The molecule has 0 radical (unpaired) electrons. The molecule has 0 spiro atoms. The molecule has 0 aliphatic heterocycles. The van der Waals surface area contributed by atoms with Crippen molar-refractivity contribution in [2.75, 3.05) is 14.2 Å². The number of nitrogens with two attached hydrogens (primary N) is 1. The van der Waals surface area contributed by atoms with Crippen molar-refractivity contribution in [3.63, 3.8) is 0 Å². The molecule has 5 heteroatoms. The maximum absolute atomic E-state index is 13.0. The first-order valence-electron chi connectivity index (χ1n) is 6.00. The van der Waals surface area contributed by atoms with E-state index in [-0.39, 0.29) is 5.82 Å². The fourth-order valence-electron chi connectivity index (χ4n) is 2.01. The van der Waals surface area contributed by atoms with Gasteiger partial charge in [0.25, 0.3) is 0 Å². The van der Waals surface area contributed by atoms with Gasteiger partial charge in [0.05, 0.1) is 20.3 Å². The van der Waals surface area contributed by atoms with Crippen LogP contribution < -0.4 is 15.2 Å². The summed E-state index contributed by atoms with van der Waals surface area (Å²) < 4.78 is 23.4. The number of methoxy groups -OCH3 is 2. The molecule has 106 valence electrons. The average molecular weight is 296 g/mol. The maximum Gasteiger partial charge on any atom is 0.146 e. The van der Waals surface area contributed by atoms with Gasteiger partial charge in [0, 0.05) is 5.56 Å². The molecular weight excluding hydrogens is 281 g/mol. The third-order valence-electron chi connectivity index (χ3n) is 3.08. The Morgan fingerprint density at radius 1 is 1.05 bits per heavy atom. The van der Waals surface area contributed by atoms with Crippen molar-refractivity contribution in [1.82, 2.24) is 0 Å². The van der Waals surface area contributed by atoms with Gasteiger partial charge in [0.1, 0.15) is 22.3 Å². The van der Waals surface area contributed by atoms with E-state index in [2.05, 4.69) is 0 Å². The molecule has 2 N–H and O–H groups in total. The highest BCUT2D eigenvalue weighted by Crippen LogP contribution is 2.40. The molecule has 0 amide bonds. The minimum absolute atomic E-state index is 0.305. The number of ether oxygens (including phenoxy) is 2. The normalized spacial score (nSPS) is 12.1. The first-order chi connectivity index (χ1) is 9.58. The first-order valence-corrected chi connectivity index (χ1v) is 6.37. The smallest absolute Gasteiger partial charge is 0.146 e. The van der Waals surface area contributed by atoms with E-state index in [9.17, 15) is 4.39 Å². The molecule has 0 bridgehead atoms. The molecule has 0 saturated heterocycles. The highest BCUT2D eigenvalue weighted by atomic mass is 35.5. The van der Waals surface area contributed by atoms with E-state index in [1.807, 2.05) is 0 Å². The van der Waals surface area contributed by atoms with Crippen LogP contribution in [0.1, 0.15) is 17.2 Å². The van der Waals surface area contributed by atoms with Crippen molar-refractivity contribution in [3.8, 4) is 11.5 Å². The fraction of sp³-hybridized carbons (Fsp3) is 0.200. The van der Waals surface area contributed by atoms with Crippen LogP contribution in [-0.2, 0) is 0 Å². The molecule has 0 aliphatic carbocycles. The van der Waals surface area contributed by atoms with Crippen LogP contribution in [0.2, 0.25) is 5.02 Å². The van der Waals surface area contributed by atoms with Gasteiger partial charge in [-0.15, -0.1) is 0 Å². The topological polar surface area (TPSA) is 44.5 Å². The molecule has 0 aromatic heterocycles. The summed E-state index contributed by atoms with van der Waals surface area (Å²) in [4.78, 5) is 0. The summed E-state index contributed by atoms with van der Waals surface area (Å²) in [6.07, 6.45) is 0. The Labute approximate surface area is 122 Å². The lowest BCUT2D eigenvalue weighted by Crippen LogP contribution is -2.13. The average Bonchev–Trinajstić information content (AvgIpc) is 2.47. The van der Waals surface area contributed by atoms with Crippen LogP contribution in [0.3, 0.4) is 0 Å². The van der Waals surface area contributed by atoms with E-state index < -0.39 is 6.04 Å². The second-order valence-electron chi connectivity index (χ2n) is 4.23. The van der Waals surface area contributed by atoms with Crippen LogP contribution in [0.4, 0.5) is 4.39 Å². The molecule has 20 heavy (non-hydrogen) atoms. The molecule has 2 aromatic carbocycles. The second-order valence-corrected chi connectivity index (χ2v) is 4.61. The minimum atomic E-state index is -0.464. The predicted octanol–water partition coefficient (Wildman–Crippen LogP) is 3.54. The van der Waals surface area contributed by atoms with Crippen LogP contribution in [0.25, 0.3) is 0 Å². The van der Waals surface area contributed by atoms with Crippen LogP contribution in [0.15, 0.2) is 36.4 Å². The van der Waals surface area contributed by atoms with E-state index in [0.717, 1.165) is 5.56 Å². The number of hydrogen-bond donors (Lipinski definition) is 1. The Morgan fingerprint density at radius 2 is 1.70 bits per heavy atom. The Hall–Kier alpha value is -1.78. The Balaban J connectivity index is 2.46. The maximum atomic E-state index is 13.0. The number of hydrogen-bond acceptors (Lipinski definition) is 3. The number of benzene rings is 2. The second kappa shape index (κ2) is 6.11. The minimum Gasteiger partial charge on any atom is -0.495 e. The zero-order valence-electron chi connectivity index (χ0n) is 11.2. The lowest BCUT2D eigenvalue weighted by Gasteiger charge is -2.18. The van der Waals surface area contributed by atoms with Crippen LogP contribution in [0.5, 0.6) is 11.5 Å². The summed E-state index contributed by atoms with van der Waals surface area (Å²) in [5.41, 5.74) is 7.68. The Bertz CT molecular complexity index is 602. The highest BCUT2D eigenvalue weighted by Gasteiger charge is 2.19. The van der Waals surface area contributed by atoms with Crippen molar-refractivity contribution in [3.05, 3.63) is 58.4 Å². The summed E-state index contributed by atoms with van der Waals surface area (Å²) in [5.74, 6) is 0.669. The van der Waals surface area contributed by atoms with Crippen molar-refractivity contribution in [2.24, 2.45) is 5.73 Å². The standard InChI is InChI=1S/C15H15ClFNO2/c1-19-12-8-7-11(15(20-2)13(12)16)14(18)9-3-5-10(17)6-4-9/h3-8,14H,18H2,1-2H3. The van der Waals surface area contributed by atoms with Gasteiger partial charge in [-0.25, -0.2) is 4.39 Å². The van der Waals surface area contributed by atoms with Gasteiger partial charge in [-0.1, -0.05) is 23.7 Å². The van der Waals surface area contributed by atoms with Crippen molar-refractivity contribution >= 4 is 11.6 Å². The summed E-state index contributed by atoms with van der Waals surface area (Å²) in [7, 11) is 3.04. The monoisotopic (exact) mass is 295 g/mol. The third-order valence-corrected chi connectivity index (χ3v) is 3.44. The SMILES string of the molecule is COc1ccc(C(N)c2ccc(F)cc2)c(OC)c1Cl. The molecule has 0 heterocycles. The summed E-state index contributed by atoms with van der Waals surface area (Å²) >= 11 is 6.21. The van der Waals surface area contributed by atoms with Gasteiger partial charge in [-0.3, -0.25) is 0 Å². The van der Waals surface area contributed by atoms with Crippen LogP contribution >= 0.6 is 11.6 Å².